The molecule has 7 nitrogen and oxygen atoms in total. The van der Waals surface area contributed by atoms with Gasteiger partial charge < -0.3 is 9.41 Å². The molecule has 0 bridgehead atoms. The van der Waals surface area contributed by atoms with Crippen LogP contribution in [0.25, 0.3) is 5.69 Å². The van der Waals surface area contributed by atoms with Gasteiger partial charge in [0.1, 0.15) is 5.84 Å². The SMILES string of the molecule is Cc1nn(-c2ccccc2)c2c1[P@](=Nc1ccccc1C(F)(F)F)(N1C[C@@H](C)O[C@@H](C)C1)N(C)C(c1ccccc1)=N2. The summed E-state index contributed by atoms with van der Waals surface area (Å²) in [5.74, 6) is 1.19. The Kier molecular flexibility index (Phi) is 7.33. The second-order valence-electron chi connectivity index (χ2n) is 10.6. The van der Waals surface area contributed by atoms with Crippen LogP contribution in [0.1, 0.15) is 30.7 Å². The summed E-state index contributed by atoms with van der Waals surface area (Å²) in [7, 11) is -1.31. The zero-order valence-corrected chi connectivity index (χ0v) is 24.7. The second kappa shape index (κ2) is 10.8. The summed E-state index contributed by atoms with van der Waals surface area (Å²) in [6.45, 7) is 6.83. The number of aryl methyl sites for hydroxylation is 1. The molecule has 0 amide bonds. The average Bonchev–Trinajstić information content (AvgIpc) is 3.30. The Labute approximate surface area is 243 Å². The Morgan fingerprint density at radius 1 is 0.881 bits per heavy atom. The van der Waals surface area contributed by atoms with Crippen molar-refractivity contribution in [1.29, 1.82) is 0 Å². The van der Waals surface area contributed by atoms with Crippen LogP contribution in [0.3, 0.4) is 0 Å². The molecule has 2 aliphatic rings. The number of rotatable bonds is 4. The monoisotopic (exact) mass is 592 g/mol. The summed E-state index contributed by atoms with van der Waals surface area (Å²) >= 11 is 0. The Hall–Kier alpha value is -3.72. The van der Waals surface area contributed by atoms with Gasteiger partial charge in [-0.1, -0.05) is 60.7 Å². The normalized spacial score (nSPS) is 22.9. The number of aliphatic imine (C=N–C) groups is 1. The number of fused-ring (bicyclic) bond motifs is 1. The van der Waals surface area contributed by atoms with Gasteiger partial charge in [-0.3, -0.25) is 0 Å². The third-order valence-corrected chi connectivity index (χ3v) is 11.3. The maximum atomic E-state index is 14.4. The lowest BCUT2D eigenvalue weighted by Crippen LogP contribution is -2.50. The van der Waals surface area contributed by atoms with Gasteiger partial charge >= 0.3 is 6.18 Å². The summed E-state index contributed by atoms with van der Waals surface area (Å²) in [5, 5.41) is 5.68. The maximum absolute atomic E-state index is 14.4. The first-order valence-corrected chi connectivity index (χ1v) is 15.5. The fraction of sp³-hybridized carbons (Fsp3) is 0.290. The number of morpholine rings is 1. The van der Waals surface area contributed by atoms with Crippen LogP contribution in [0.2, 0.25) is 0 Å². The molecular weight excluding hydrogens is 560 g/mol. The first-order chi connectivity index (χ1) is 20.1. The van der Waals surface area contributed by atoms with E-state index in [2.05, 4.69) is 4.67 Å². The molecule has 2 aliphatic heterocycles. The fourth-order valence-corrected chi connectivity index (χ4v) is 9.87. The lowest BCUT2D eigenvalue weighted by Gasteiger charge is -2.49. The summed E-state index contributed by atoms with van der Waals surface area (Å²) in [4.78, 5) is 5.17. The van der Waals surface area contributed by atoms with Gasteiger partial charge in [0.25, 0.3) is 0 Å². The van der Waals surface area contributed by atoms with Crippen molar-refractivity contribution in [2.45, 2.75) is 39.2 Å². The standard InChI is InChI=1S/C31H32F3N6OP/c1-21-19-39(20-22(2)41-21)42(37-27-18-12-11-17-26(27)31(32,33)34)28-23(3)36-40(25-15-9-6-10-16-25)30(28)35-29(38(42)4)24-13-7-5-8-14-24/h5-18,21-22H,19-20H2,1-4H3/t21-,22+,42-/m1/s1. The molecule has 0 radical (unpaired) electrons. The highest BCUT2D eigenvalue weighted by atomic mass is 31.2. The van der Waals surface area contributed by atoms with Gasteiger partial charge in [-0.25, -0.2) is 19.1 Å². The Bertz CT molecular complexity index is 1680. The van der Waals surface area contributed by atoms with E-state index in [0.717, 1.165) is 22.6 Å². The predicted molar refractivity (Wildman–Crippen MR) is 160 cm³/mol. The Balaban J connectivity index is 1.75. The van der Waals surface area contributed by atoms with Gasteiger partial charge in [-0.15, -0.1) is 0 Å². The van der Waals surface area contributed by atoms with Crippen molar-refractivity contribution >= 4 is 30.0 Å². The minimum Gasteiger partial charge on any atom is -0.373 e. The summed E-state index contributed by atoms with van der Waals surface area (Å²) in [6.07, 6.45) is -4.88. The molecule has 3 heterocycles. The van der Waals surface area contributed by atoms with E-state index in [1.54, 1.807) is 10.7 Å². The van der Waals surface area contributed by atoms with Crippen LogP contribution in [-0.4, -0.2) is 57.3 Å². The van der Waals surface area contributed by atoms with Crippen molar-refractivity contribution in [2.24, 2.45) is 9.74 Å². The van der Waals surface area contributed by atoms with Crippen LogP contribution in [0.15, 0.2) is 94.7 Å². The van der Waals surface area contributed by atoms with Gasteiger partial charge in [0.15, 0.2) is 13.2 Å². The number of para-hydroxylation sites is 1. The van der Waals surface area contributed by atoms with Gasteiger partial charge in [-0.05, 0) is 45.0 Å². The molecule has 42 heavy (non-hydrogen) atoms. The second-order valence-corrected chi connectivity index (χ2v) is 13.6. The summed E-state index contributed by atoms with van der Waals surface area (Å²) < 4.78 is 60.5. The van der Waals surface area contributed by atoms with Crippen LogP contribution >= 0.6 is 7.36 Å². The lowest BCUT2D eigenvalue weighted by atomic mass is 10.2. The molecule has 4 aromatic rings. The average molecular weight is 593 g/mol. The van der Waals surface area contributed by atoms with E-state index in [1.807, 2.05) is 93.2 Å². The summed E-state index contributed by atoms with van der Waals surface area (Å²) in [6, 6.07) is 24.9. The quantitative estimate of drug-likeness (QED) is 0.233. The highest BCUT2D eigenvalue weighted by Crippen LogP contribution is 2.63. The maximum Gasteiger partial charge on any atom is 0.418 e. The number of hydrogen-bond donors (Lipinski definition) is 0. The van der Waals surface area contributed by atoms with Gasteiger partial charge in [0, 0.05) is 25.7 Å². The zero-order valence-electron chi connectivity index (χ0n) is 23.8. The molecule has 6 rings (SSSR count). The van der Waals surface area contributed by atoms with Gasteiger partial charge in [0.2, 0.25) is 0 Å². The number of alkyl halides is 3. The Morgan fingerprint density at radius 2 is 1.48 bits per heavy atom. The zero-order chi connectivity index (χ0) is 29.6. The van der Waals surface area contributed by atoms with Crippen LogP contribution in [-0.2, 0) is 10.9 Å². The van der Waals surface area contributed by atoms with Gasteiger partial charge in [0.05, 0.1) is 40.1 Å². The van der Waals surface area contributed by atoms with E-state index in [1.165, 1.54) is 12.1 Å². The number of ether oxygens (including phenoxy) is 1. The molecule has 1 saturated heterocycles. The highest BCUT2D eigenvalue weighted by Gasteiger charge is 2.47. The molecule has 1 aromatic heterocycles. The topological polar surface area (TPSA) is 58.3 Å². The molecule has 0 unspecified atom stereocenters. The van der Waals surface area contributed by atoms with Crippen molar-refractivity contribution in [3.8, 4) is 5.69 Å². The number of nitrogens with zero attached hydrogens (tertiary/aromatic N) is 6. The smallest absolute Gasteiger partial charge is 0.373 e. The van der Waals surface area contributed by atoms with Crippen molar-refractivity contribution in [2.75, 3.05) is 20.1 Å². The number of aromatic nitrogens is 2. The predicted octanol–water partition coefficient (Wildman–Crippen LogP) is 7.32. The largest absolute Gasteiger partial charge is 0.418 e. The van der Waals surface area contributed by atoms with Crippen LogP contribution in [0.4, 0.5) is 24.7 Å². The number of halogens is 3. The first-order valence-electron chi connectivity index (χ1n) is 13.8. The van der Waals surface area contributed by atoms with Crippen molar-refractivity contribution < 1.29 is 17.9 Å². The van der Waals surface area contributed by atoms with E-state index in [-0.39, 0.29) is 17.9 Å². The molecule has 3 atom stereocenters. The van der Waals surface area contributed by atoms with E-state index >= 15 is 0 Å². The van der Waals surface area contributed by atoms with Crippen molar-refractivity contribution in [3.63, 3.8) is 0 Å². The van der Waals surface area contributed by atoms with Crippen LogP contribution in [0, 0.1) is 6.92 Å². The third kappa shape index (κ3) is 4.87. The highest BCUT2D eigenvalue weighted by molar-refractivity contribution is 7.70. The number of hydrogen-bond acceptors (Lipinski definition) is 4. The number of amidine groups is 1. The van der Waals surface area contributed by atoms with E-state index in [9.17, 15) is 13.2 Å². The first kappa shape index (κ1) is 28.4. The molecule has 218 valence electrons. The van der Waals surface area contributed by atoms with E-state index in [4.69, 9.17) is 19.6 Å². The molecule has 0 N–H and O–H groups in total. The van der Waals surface area contributed by atoms with Crippen LogP contribution in [0.5, 0.6) is 0 Å². The fourth-order valence-electron chi connectivity index (χ4n) is 5.84. The van der Waals surface area contributed by atoms with E-state index < -0.39 is 19.1 Å². The third-order valence-electron chi connectivity index (χ3n) is 7.53. The lowest BCUT2D eigenvalue weighted by molar-refractivity contribution is -0.137. The summed E-state index contributed by atoms with van der Waals surface area (Å²) in [5.41, 5.74) is 1.43. The van der Waals surface area contributed by atoms with E-state index in [0.29, 0.717) is 30.4 Å². The molecule has 0 spiro atoms. The molecular formula is C31H32F3N6OP. The molecule has 0 aliphatic carbocycles. The van der Waals surface area contributed by atoms with Gasteiger partial charge in [-0.2, -0.15) is 18.3 Å². The minimum absolute atomic E-state index is 0.107. The molecule has 0 saturated carbocycles. The van der Waals surface area contributed by atoms with Crippen molar-refractivity contribution in [3.05, 3.63) is 102 Å². The molecule has 11 heteroatoms. The molecule has 3 aromatic carbocycles. The Morgan fingerprint density at radius 3 is 2.12 bits per heavy atom. The molecule has 1 fully saturated rings. The van der Waals surface area contributed by atoms with Crippen molar-refractivity contribution in [1.82, 2.24) is 19.1 Å². The van der Waals surface area contributed by atoms with Crippen LogP contribution < -0.4 is 5.30 Å². The minimum atomic E-state index is -4.58. The number of benzene rings is 3.